The number of H-pyrrole nitrogens is 1. The van der Waals surface area contributed by atoms with E-state index in [1.54, 1.807) is 0 Å². The minimum absolute atomic E-state index is 0.402. The van der Waals surface area contributed by atoms with E-state index >= 15 is 0 Å². The summed E-state index contributed by atoms with van der Waals surface area (Å²) in [5.41, 5.74) is 2.71. The fraction of sp³-hybridized carbons (Fsp3) is 0.160. The van der Waals surface area contributed by atoms with E-state index in [9.17, 15) is 9.59 Å². The molecule has 0 saturated heterocycles. The van der Waals surface area contributed by atoms with E-state index < -0.39 is 23.5 Å². The summed E-state index contributed by atoms with van der Waals surface area (Å²) in [4.78, 5) is 30.7. The summed E-state index contributed by atoms with van der Waals surface area (Å²) >= 11 is 0. The minimum Gasteiger partial charge on any atom is -0.383 e. The maximum atomic E-state index is 12.6. The lowest BCUT2D eigenvalue weighted by molar-refractivity contribution is 0.0910. The van der Waals surface area contributed by atoms with Crippen molar-refractivity contribution in [2.75, 3.05) is 0 Å². The van der Waals surface area contributed by atoms with Crippen LogP contribution in [-0.4, -0.2) is 20.1 Å². The molecular weight excluding hydrogens is 404 g/mol. The average Bonchev–Trinajstić information content (AvgIpc) is 3.09. The van der Waals surface area contributed by atoms with E-state index in [1.807, 2.05) is 85.8 Å². The number of nitrogens with one attached hydrogen (secondary N) is 1. The second-order valence-electron chi connectivity index (χ2n) is 7.82. The van der Waals surface area contributed by atoms with Gasteiger partial charge in [-0.2, -0.15) is 0 Å². The Balaban J connectivity index is 1.62. The number of hydrogen-bond donors (Lipinski definition) is 1. The Kier molecular flexibility index (Phi) is 4.86. The van der Waals surface area contributed by atoms with Gasteiger partial charge in [0.1, 0.15) is 0 Å². The highest BCUT2D eigenvalue weighted by molar-refractivity contribution is 5.98. The molecule has 5 rings (SSSR count). The van der Waals surface area contributed by atoms with Crippen LogP contribution in [0.5, 0.6) is 0 Å². The molecule has 2 atom stereocenters. The van der Waals surface area contributed by atoms with Crippen molar-refractivity contribution in [1.29, 1.82) is 0 Å². The van der Waals surface area contributed by atoms with Crippen LogP contribution in [0.25, 0.3) is 10.8 Å². The van der Waals surface area contributed by atoms with Crippen molar-refractivity contribution in [3.05, 3.63) is 117 Å². The van der Waals surface area contributed by atoms with Gasteiger partial charge in [-0.05, 0) is 34.9 Å². The van der Waals surface area contributed by atoms with Crippen LogP contribution in [0, 0.1) is 0 Å². The van der Waals surface area contributed by atoms with E-state index in [4.69, 9.17) is 4.84 Å². The average molecular weight is 426 g/mol. The Morgan fingerprint density at radius 2 is 1.72 bits per heavy atom. The molecule has 7 nitrogen and oxygen atoms in total. The first-order valence-electron chi connectivity index (χ1n) is 10.4. The Morgan fingerprint density at radius 3 is 2.47 bits per heavy atom. The number of aromatic nitrogens is 3. The Labute approximate surface area is 183 Å². The van der Waals surface area contributed by atoms with Crippen molar-refractivity contribution in [3.63, 3.8) is 0 Å². The lowest BCUT2D eigenvalue weighted by Crippen LogP contribution is -2.29. The van der Waals surface area contributed by atoms with E-state index in [0.717, 1.165) is 37.7 Å². The Morgan fingerprint density at radius 1 is 0.969 bits per heavy atom. The molecule has 7 heteroatoms. The molecule has 3 aromatic carbocycles. The molecule has 1 N–H and O–H groups in total. The highest BCUT2D eigenvalue weighted by Gasteiger charge is 2.29. The zero-order valence-corrected chi connectivity index (χ0v) is 17.7. The SMILES string of the molecule is C/C(=N\O[C@@H]1C=C[C@H](n2[nH]c(=O)n(C)c2=O)c2ccc3ccccc3c21)c1ccccc1. The van der Waals surface area contributed by atoms with Crippen LogP contribution in [0.15, 0.2) is 93.6 Å². The van der Waals surface area contributed by atoms with Crippen LogP contribution in [0.4, 0.5) is 0 Å². The normalized spacial score (nSPS) is 18.0. The van der Waals surface area contributed by atoms with Gasteiger partial charge in [-0.3, -0.25) is 0 Å². The van der Waals surface area contributed by atoms with E-state index in [0.29, 0.717) is 0 Å². The molecule has 0 unspecified atom stereocenters. The lowest BCUT2D eigenvalue weighted by Gasteiger charge is -2.27. The van der Waals surface area contributed by atoms with Crippen LogP contribution in [0.2, 0.25) is 0 Å². The van der Waals surface area contributed by atoms with Gasteiger partial charge < -0.3 is 4.84 Å². The summed E-state index contributed by atoms with van der Waals surface area (Å²) in [6, 6.07) is 21.4. The van der Waals surface area contributed by atoms with Crippen LogP contribution < -0.4 is 11.4 Å². The van der Waals surface area contributed by atoms with E-state index in [2.05, 4.69) is 10.3 Å². The molecule has 1 aliphatic rings. The van der Waals surface area contributed by atoms with Gasteiger partial charge in [0.2, 0.25) is 0 Å². The summed E-state index contributed by atoms with van der Waals surface area (Å²) in [5.74, 6) is 0. The first-order chi connectivity index (χ1) is 15.5. The van der Waals surface area contributed by atoms with Crippen LogP contribution in [0.3, 0.4) is 0 Å². The second-order valence-corrected chi connectivity index (χ2v) is 7.82. The van der Waals surface area contributed by atoms with Crippen molar-refractivity contribution in [3.8, 4) is 0 Å². The quantitative estimate of drug-likeness (QED) is 0.307. The van der Waals surface area contributed by atoms with Gasteiger partial charge >= 0.3 is 11.4 Å². The molecule has 0 aliphatic heterocycles. The maximum Gasteiger partial charge on any atom is 0.347 e. The fourth-order valence-corrected chi connectivity index (χ4v) is 4.14. The van der Waals surface area contributed by atoms with Gasteiger partial charge in [-0.25, -0.2) is 23.9 Å². The van der Waals surface area contributed by atoms with Gasteiger partial charge in [0.25, 0.3) is 0 Å². The van der Waals surface area contributed by atoms with E-state index in [-0.39, 0.29) is 0 Å². The van der Waals surface area contributed by atoms with Crippen molar-refractivity contribution >= 4 is 16.5 Å². The molecule has 32 heavy (non-hydrogen) atoms. The number of fused-ring (bicyclic) bond motifs is 3. The number of oxime groups is 1. The van der Waals surface area contributed by atoms with Gasteiger partial charge in [0, 0.05) is 12.6 Å². The highest BCUT2D eigenvalue weighted by atomic mass is 16.6. The largest absolute Gasteiger partial charge is 0.383 e. The number of hydrogen-bond acceptors (Lipinski definition) is 4. The maximum absolute atomic E-state index is 12.6. The molecule has 0 amide bonds. The topological polar surface area (TPSA) is 81.4 Å². The van der Waals surface area contributed by atoms with Crippen LogP contribution in [-0.2, 0) is 11.9 Å². The first-order valence-corrected chi connectivity index (χ1v) is 10.4. The zero-order chi connectivity index (χ0) is 22.2. The predicted molar refractivity (Wildman–Crippen MR) is 124 cm³/mol. The van der Waals surface area contributed by atoms with Gasteiger partial charge in [-0.15, -0.1) is 0 Å². The molecule has 0 saturated carbocycles. The van der Waals surface area contributed by atoms with Gasteiger partial charge in [0.05, 0.1) is 11.8 Å². The van der Waals surface area contributed by atoms with Crippen molar-refractivity contribution in [2.45, 2.75) is 19.1 Å². The summed E-state index contributed by atoms with van der Waals surface area (Å²) in [6.45, 7) is 1.91. The molecule has 0 bridgehead atoms. The highest BCUT2D eigenvalue weighted by Crippen LogP contribution is 2.39. The second kappa shape index (κ2) is 7.85. The van der Waals surface area contributed by atoms with E-state index in [1.165, 1.54) is 11.7 Å². The molecule has 1 aliphatic carbocycles. The van der Waals surface area contributed by atoms with Crippen LogP contribution in [0.1, 0.15) is 35.8 Å². The molecule has 1 heterocycles. The summed E-state index contributed by atoms with van der Waals surface area (Å²) in [7, 11) is 1.46. The van der Waals surface area contributed by atoms with Crippen LogP contribution >= 0.6 is 0 Å². The molecule has 0 radical (unpaired) electrons. The third-order valence-corrected chi connectivity index (χ3v) is 5.86. The lowest BCUT2D eigenvalue weighted by atomic mass is 9.87. The number of rotatable bonds is 4. The Hall–Kier alpha value is -4.13. The van der Waals surface area contributed by atoms with Crippen molar-refractivity contribution in [2.24, 2.45) is 12.2 Å². The number of benzene rings is 3. The monoisotopic (exact) mass is 426 g/mol. The summed E-state index contributed by atoms with van der Waals surface area (Å²) < 4.78 is 2.41. The molecule has 4 aromatic rings. The number of allylic oxidation sites excluding steroid dienone is 1. The van der Waals surface area contributed by atoms with Crippen molar-refractivity contribution in [1.82, 2.24) is 14.3 Å². The third-order valence-electron chi connectivity index (χ3n) is 5.86. The Bertz CT molecular complexity index is 1470. The molecule has 0 fully saturated rings. The minimum atomic E-state index is -0.452. The standard InChI is InChI=1S/C25H22N4O3/c1-16(17-8-4-3-5-9-17)27-32-22-15-14-21(29-25(31)28(2)24(30)26-29)20-13-12-18-10-6-7-11-19(18)23(20)22/h3-15,21-22H,1-2H3,(H,26,30)/b27-16+/t21-,22+/m0/s1. The third kappa shape index (κ3) is 3.28. The first kappa shape index (κ1) is 19.8. The van der Waals surface area contributed by atoms with Crippen molar-refractivity contribution < 1.29 is 4.84 Å². The molecule has 1 aromatic heterocycles. The fourth-order valence-electron chi connectivity index (χ4n) is 4.14. The smallest absolute Gasteiger partial charge is 0.347 e. The zero-order valence-electron chi connectivity index (χ0n) is 17.7. The van der Waals surface area contributed by atoms with Gasteiger partial charge in [-0.1, -0.05) is 78.0 Å². The van der Waals surface area contributed by atoms with Gasteiger partial charge in [0.15, 0.2) is 6.10 Å². The number of nitrogens with zero attached hydrogens (tertiary/aromatic N) is 3. The molecular formula is C25H22N4O3. The predicted octanol–water partition coefficient (Wildman–Crippen LogP) is 3.67. The summed E-state index contributed by atoms with van der Waals surface area (Å²) in [6.07, 6.45) is 3.32. The molecule has 160 valence electrons. The number of aromatic amines is 1. The summed E-state index contributed by atoms with van der Waals surface area (Å²) in [5, 5.41) is 9.12. The molecule has 0 spiro atoms.